The second-order valence-electron chi connectivity index (χ2n) is 6.69. The van der Waals surface area contributed by atoms with Crippen LogP contribution in [-0.4, -0.2) is 23.5 Å². The van der Waals surface area contributed by atoms with Gasteiger partial charge in [0.25, 0.3) is 0 Å². The lowest BCUT2D eigenvalue weighted by molar-refractivity contribution is -0.158. The van der Waals surface area contributed by atoms with Crippen LogP contribution in [0.25, 0.3) is 0 Å². The molecule has 0 aliphatic carbocycles. The smallest absolute Gasteiger partial charge is 0.328 e. The van der Waals surface area contributed by atoms with Crippen molar-refractivity contribution < 1.29 is 14.3 Å². The first-order valence-corrected chi connectivity index (χ1v) is 8.28. The molecule has 1 amide bonds. The van der Waals surface area contributed by atoms with E-state index >= 15 is 0 Å². The first-order valence-electron chi connectivity index (χ1n) is 8.28. The van der Waals surface area contributed by atoms with Crippen LogP contribution in [0.15, 0.2) is 0 Å². The average molecular weight is 299 g/mol. The summed E-state index contributed by atoms with van der Waals surface area (Å²) in [5.41, 5.74) is -0.519. The summed E-state index contributed by atoms with van der Waals surface area (Å²) in [6, 6.07) is -0.582. The molecular weight excluding hydrogens is 266 g/mol. The Labute approximate surface area is 130 Å². The van der Waals surface area contributed by atoms with Crippen LogP contribution in [0.5, 0.6) is 0 Å². The van der Waals surface area contributed by atoms with Crippen LogP contribution >= 0.6 is 0 Å². The number of amides is 1. The third kappa shape index (κ3) is 12.4. The Morgan fingerprint density at radius 3 is 2.05 bits per heavy atom. The lowest BCUT2D eigenvalue weighted by atomic mass is 10.1. The third-order valence-corrected chi connectivity index (χ3v) is 3.15. The van der Waals surface area contributed by atoms with Crippen molar-refractivity contribution in [3.63, 3.8) is 0 Å². The number of carbonyl (C=O) groups excluding carboxylic acids is 2. The zero-order chi connectivity index (χ0) is 16.3. The summed E-state index contributed by atoms with van der Waals surface area (Å²) in [6.07, 6.45) is 8.74. The van der Waals surface area contributed by atoms with Gasteiger partial charge in [0.05, 0.1) is 0 Å². The van der Waals surface area contributed by atoms with Crippen molar-refractivity contribution >= 4 is 11.9 Å². The molecule has 0 spiro atoms. The summed E-state index contributed by atoms with van der Waals surface area (Å²) in [7, 11) is 0. The van der Waals surface area contributed by atoms with Gasteiger partial charge < -0.3 is 10.1 Å². The molecule has 0 bridgehead atoms. The summed E-state index contributed by atoms with van der Waals surface area (Å²) in [5, 5.41) is 2.70. The minimum absolute atomic E-state index is 0.0677. The first kappa shape index (κ1) is 19.9. The van der Waals surface area contributed by atoms with Gasteiger partial charge in [0.15, 0.2) is 0 Å². The van der Waals surface area contributed by atoms with Gasteiger partial charge in [-0.3, -0.25) is 4.79 Å². The number of nitrogens with one attached hydrogen (secondary N) is 1. The van der Waals surface area contributed by atoms with Crippen molar-refractivity contribution in [3.05, 3.63) is 0 Å². The quantitative estimate of drug-likeness (QED) is 0.490. The van der Waals surface area contributed by atoms with Gasteiger partial charge in [0.2, 0.25) is 5.91 Å². The van der Waals surface area contributed by atoms with Crippen LogP contribution in [0.4, 0.5) is 0 Å². The Morgan fingerprint density at radius 1 is 1.00 bits per heavy atom. The molecule has 0 saturated carbocycles. The maximum absolute atomic E-state index is 11.7. The number of hydrogen-bond donors (Lipinski definition) is 1. The van der Waals surface area contributed by atoms with Gasteiger partial charge in [-0.25, -0.2) is 4.79 Å². The van der Waals surface area contributed by atoms with E-state index in [0.717, 1.165) is 12.8 Å². The van der Waals surface area contributed by atoms with E-state index in [1.54, 1.807) is 6.92 Å². The highest BCUT2D eigenvalue weighted by atomic mass is 16.6. The van der Waals surface area contributed by atoms with Crippen molar-refractivity contribution in [3.8, 4) is 0 Å². The van der Waals surface area contributed by atoms with Crippen LogP contribution in [-0.2, 0) is 14.3 Å². The molecule has 0 unspecified atom stereocenters. The predicted octanol–water partition coefficient (Wildman–Crippen LogP) is 3.97. The lowest BCUT2D eigenvalue weighted by Crippen LogP contribution is -2.42. The molecule has 124 valence electrons. The van der Waals surface area contributed by atoms with Crippen molar-refractivity contribution in [2.75, 3.05) is 0 Å². The number of esters is 1. The Hall–Kier alpha value is -1.06. The Kier molecular flexibility index (Phi) is 10.1. The fourth-order valence-electron chi connectivity index (χ4n) is 2.01. The number of carbonyl (C=O) groups is 2. The fraction of sp³-hybridized carbons (Fsp3) is 0.882. The SMILES string of the molecule is CCCCCCCCCC(=O)N[C@H](C)C(=O)OC(C)(C)C. The molecule has 0 aromatic carbocycles. The third-order valence-electron chi connectivity index (χ3n) is 3.15. The van der Waals surface area contributed by atoms with Gasteiger partial charge in [-0.05, 0) is 34.1 Å². The normalized spacial score (nSPS) is 12.8. The van der Waals surface area contributed by atoms with Gasteiger partial charge in [-0.1, -0.05) is 45.4 Å². The highest BCUT2D eigenvalue weighted by Crippen LogP contribution is 2.10. The summed E-state index contributed by atoms with van der Waals surface area (Å²) < 4.78 is 5.23. The van der Waals surface area contributed by atoms with Crippen LogP contribution in [0, 0.1) is 0 Å². The van der Waals surface area contributed by atoms with Gasteiger partial charge in [0.1, 0.15) is 11.6 Å². The van der Waals surface area contributed by atoms with Crippen molar-refractivity contribution in [2.24, 2.45) is 0 Å². The zero-order valence-electron chi connectivity index (χ0n) is 14.5. The van der Waals surface area contributed by atoms with E-state index in [4.69, 9.17) is 4.74 Å². The summed E-state index contributed by atoms with van der Waals surface area (Å²) in [6.45, 7) is 9.32. The molecule has 0 saturated heterocycles. The molecule has 0 radical (unpaired) electrons. The van der Waals surface area contributed by atoms with E-state index in [9.17, 15) is 9.59 Å². The molecule has 1 N–H and O–H groups in total. The van der Waals surface area contributed by atoms with E-state index in [0.29, 0.717) is 6.42 Å². The topological polar surface area (TPSA) is 55.4 Å². The van der Waals surface area contributed by atoms with E-state index in [1.165, 1.54) is 32.1 Å². The second kappa shape index (κ2) is 10.6. The molecule has 0 aromatic rings. The minimum atomic E-state index is -0.582. The highest BCUT2D eigenvalue weighted by molar-refractivity contribution is 5.84. The number of unbranched alkanes of at least 4 members (excludes halogenated alkanes) is 6. The van der Waals surface area contributed by atoms with Crippen LogP contribution < -0.4 is 5.32 Å². The largest absolute Gasteiger partial charge is 0.458 e. The predicted molar refractivity (Wildman–Crippen MR) is 86.1 cm³/mol. The molecular formula is C17H33NO3. The summed E-state index contributed by atoms with van der Waals surface area (Å²) in [5.74, 6) is -0.447. The minimum Gasteiger partial charge on any atom is -0.458 e. The van der Waals surface area contributed by atoms with Crippen LogP contribution in [0.3, 0.4) is 0 Å². The molecule has 0 rings (SSSR count). The highest BCUT2D eigenvalue weighted by Gasteiger charge is 2.22. The Bertz CT molecular complexity index is 308. The number of hydrogen-bond acceptors (Lipinski definition) is 3. The first-order chi connectivity index (χ1) is 9.76. The summed E-state index contributed by atoms with van der Waals surface area (Å²) >= 11 is 0. The Balaban J connectivity index is 3.71. The molecule has 0 aromatic heterocycles. The summed E-state index contributed by atoms with van der Waals surface area (Å²) in [4.78, 5) is 23.5. The number of ether oxygens (including phenoxy) is 1. The molecule has 4 heteroatoms. The van der Waals surface area contributed by atoms with E-state index in [2.05, 4.69) is 12.2 Å². The molecule has 1 atom stereocenters. The molecule has 0 aliphatic rings. The maximum atomic E-state index is 11.7. The molecule has 0 fully saturated rings. The zero-order valence-corrected chi connectivity index (χ0v) is 14.5. The van der Waals surface area contributed by atoms with E-state index < -0.39 is 11.6 Å². The standard InChI is InChI=1S/C17H33NO3/c1-6-7-8-9-10-11-12-13-15(19)18-14(2)16(20)21-17(3,4)5/h14H,6-13H2,1-5H3,(H,18,19)/t14-/m1/s1. The molecule has 4 nitrogen and oxygen atoms in total. The van der Waals surface area contributed by atoms with E-state index in [1.807, 2.05) is 20.8 Å². The average Bonchev–Trinajstić information content (AvgIpc) is 2.35. The monoisotopic (exact) mass is 299 g/mol. The van der Waals surface area contributed by atoms with E-state index in [-0.39, 0.29) is 11.9 Å². The Morgan fingerprint density at radius 2 is 1.52 bits per heavy atom. The number of rotatable bonds is 10. The van der Waals surface area contributed by atoms with Gasteiger partial charge in [-0.15, -0.1) is 0 Å². The van der Waals surface area contributed by atoms with Crippen LogP contribution in [0.2, 0.25) is 0 Å². The van der Waals surface area contributed by atoms with Gasteiger partial charge >= 0.3 is 5.97 Å². The van der Waals surface area contributed by atoms with Crippen molar-refractivity contribution in [2.45, 2.75) is 97.6 Å². The lowest BCUT2D eigenvalue weighted by Gasteiger charge is -2.22. The molecule has 21 heavy (non-hydrogen) atoms. The maximum Gasteiger partial charge on any atom is 0.328 e. The molecule has 0 aliphatic heterocycles. The second-order valence-corrected chi connectivity index (χ2v) is 6.69. The van der Waals surface area contributed by atoms with Crippen molar-refractivity contribution in [1.29, 1.82) is 0 Å². The van der Waals surface area contributed by atoms with Gasteiger partial charge in [-0.2, -0.15) is 0 Å². The van der Waals surface area contributed by atoms with Crippen molar-refractivity contribution in [1.82, 2.24) is 5.32 Å². The van der Waals surface area contributed by atoms with Gasteiger partial charge in [0, 0.05) is 6.42 Å². The fourth-order valence-corrected chi connectivity index (χ4v) is 2.01. The van der Waals surface area contributed by atoms with Crippen LogP contribution in [0.1, 0.15) is 86.0 Å². The molecule has 0 heterocycles.